The molecule has 0 saturated heterocycles. The van der Waals surface area contributed by atoms with E-state index in [4.69, 9.17) is 21.8 Å². The fourth-order valence-corrected chi connectivity index (χ4v) is 1.48. The van der Waals surface area contributed by atoms with Gasteiger partial charge in [0.2, 0.25) is 5.91 Å². The number of carboxylic acid groups (broad SMARTS) is 1. The fraction of sp³-hybridized carbons (Fsp3) is 0.231. The molecule has 3 N–H and O–H groups in total. The van der Waals surface area contributed by atoms with E-state index < -0.39 is 17.9 Å². The Morgan fingerprint density at radius 1 is 1.32 bits per heavy atom. The van der Waals surface area contributed by atoms with Gasteiger partial charge < -0.3 is 15.5 Å². The summed E-state index contributed by atoms with van der Waals surface area (Å²) in [6.45, 7) is -0.307. The summed E-state index contributed by atoms with van der Waals surface area (Å²) in [6.07, 6.45) is 2.75. The molecule has 1 amide bonds. The number of carbonyl (C=O) groups is 2. The molecule has 0 heterocycles. The molecule has 6 heteroatoms. The minimum Gasteiger partial charge on any atom is -0.480 e. The Hall–Kier alpha value is -1.85. The van der Waals surface area contributed by atoms with Crippen molar-refractivity contribution in [2.24, 2.45) is 0 Å². The molecule has 1 aromatic rings. The highest BCUT2D eigenvalue weighted by molar-refractivity contribution is 6.30. The summed E-state index contributed by atoms with van der Waals surface area (Å²) in [5.41, 5.74) is 0.772. The zero-order chi connectivity index (χ0) is 14.3. The van der Waals surface area contributed by atoms with E-state index in [1.807, 2.05) is 0 Å². The quantitative estimate of drug-likeness (QED) is 0.687. The van der Waals surface area contributed by atoms with Crippen molar-refractivity contribution < 1.29 is 19.8 Å². The molecule has 5 nitrogen and oxygen atoms in total. The molecule has 0 aromatic heterocycles. The van der Waals surface area contributed by atoms with Gasteiger partial charge in [-0.25, -0.2) is 4.79 Å². The number of aliphatic hydroxyl groups excluding tert-OH is 1. The Balaban J connectivity index is 2.58. The average Bonchev–Trinajstić information content (AvgIpc) is 2.37. The van der Waals surface area contributed by atoms with Gasteiger partial charge in [-0.05, 0) is 23.8 Å². The topological polar surface area (TPSA) is 86.6 Å². The average molecular weight is 284 g/mol. The molecular weight excluding hydrogens is 270 g/mol. The molecule has 0 aliphatic carbocycles. The SMILES string of the molecule is O=C(/C=C/c1ccc(Cl)cc1)NC(CCO)C(=O)O. The Morgan fingerprint density at radius 2 is 1.95 bits per heavy atom. The molecule has 1 atom stereocenters. The van der Waals surface area contributed by atoms with Gasteiger partial charge in [0.25, 0.3) is 0 Å². The van der Waals surface area contributed by atoms with Gasteiger partial charge in [0, 0.05) is 24.1 Å². The number of hydrogen-bond donors (Lipinski definition) is 3. The van der Waals surface area contributed by atoms with Gasteiger partial charge in [-0.1, -0.05) is 23.7 Å². The molecular formula is C13H14ClNO4. The van der Waals surface area contributed by atoms with Crippen LogP contribution >= 0.6 is 11.6 Å². The van der Waals surface area contributed by atoms with Crippen LogP contribution in [0.15, 0.2) is 30.3 Å². The Morgan fingerprint density at radius 3 is 2.47 bits per heavy atom. The van der Waals surface area contributed by atoms with Crippen LogP contribution in [0.2, 0.25) is 5.02 Å². The smallest absolute Gasteiger partial charge is 0.326 e. The largest absolute Gasteiger partial charge is 0.480 e. The number of carbonyl (C=O) groups excluding carboxylic acids is 1. The summed E-state index contributed by atoms with van der Waals surface area (Å²) < 4.78 is 0. The van der Waals surface area contributed by atoms with Crippen LogP contribution in [0.4, 0.5) is 0 Å². The Bertz CT molecular complexity index is 470. The van der Waals surface area contributed by atoms with Crippen LogP contribution < -0.4 is 5.32 Å². The predicted octanol–water partition coefficient (Wildman–Crippen LogP) is 1.30. The third kappa shape index (κ3) is 5.54. The lowest BCUT2D eigenvalue weighted by atomic mass is 10.2. The first kappa shape index (κ1) is 15.2. The van der Waals surface area contributed by atoms with E-state index in [1.165, 1.54) is 6.08 Å². The number of aliphatic carboxylic acids is 1. The second-order valence-electron chi connectivity index (χ2n) is 3.80. The van der Waals surface area contributed by atoms with Crippen molar-refractivity contribution in [2.75, 3.05) is 6.61 Å². The number of amides is 1. The molecule has 0 fully saturated rings. The number of nitrogens with one attached hydrogen (secondary N) is 1. The van der Waals surface area contributed by atoms with Crippen molar-refractivity contribution >= 4 is 29.6 Å². The van der Waals surface area contributed by atoms with Crippen molar-refractivity contribution in [1.82, 2.24) is 5.32 Å². The summed E-state index contributed by atoms with van der Waals surface area (Å²) in [6, 6.07) is 5.74. The number of carboxylic acids is 1. The summed E-state index contributed by atoms with van der Waals surface area (Å²) in [5, 5.41) is 20.4. The van der Waals surface area contributed by atoms with Gasteiger partial charge in [0.05, 0.1) is 0 Å². The summed E-state index contributed by atoms with van der Waals surface area (Å²) in [7, 11) is 0. The molecule has 1 rings (SSSR count). The molecule has 0 spiro atoms. The van der Waals surface area contributed by atoms with E-state index >= 15 is 0 Å². The van der Waals surface area contributed by atoms with Crippen molar-refractivity contribution in [3.8, 4) is 0 Å². The monoisotopic (exact) mass is 283 g/mol. The molecule has 0 radical (unpaired) electrons. The van der Waals surface area contributed by atoms with Gasteiger partial charge >= 0.3 is 5.97 Å². The normalized spacial score (nSPS) is 12.3. The van der Waals surface area contributed by atoms with Crippen molar-refractivity contribution in [3.05, 3.63) is 40.9 Å². The highest BCUT2D eigenvalue weighted by atomic mass is 35.5. The lowest BCUT2D eigenvalue weighted by Crippen LogP contribution is -2.40. The Kier molecular flexibility index (Phi) is 6.05. The van der Waals surface area contributed by atoms with Crippen LogP contribution in [0, 0.1) is 0 Å². The Labute approximate surface area is 115 Å². The number of benzene rings is 1. The van der Waals surface area contributed by atoms with Crippen molar-refractivity contribution in [1.29, 1.82) is 0 Å². The first-order valence-electron chi connectivity index (χ1n) is 5.60. The van der Waals surface area contributed by atoms with Gasteiger partial charge in [-0.3, -0.25) is 4.79 Å². The van der Waals surface area contributed by atoms with E-state index in [0.717, 1.165) is 5.56 Å². The van der Waals surface area contributed by atoms with Crippen LogP contribution in [-0.2, 0) is 9.59 Å². The van der Waals surface area contributed by atoms with Crippen molar-refractivity contribution in [2.45, 2.75) is 12.5 Å². The second-order valence-corrected chi connectivity index (χ2v) is 4.23. The molecule has 102 valence electrons. The second kappa shape index (κ2) is 7.56. The molecule has 1 unspecified atom stereocenters. The zero-order valence-corrected chi connectivity index (χ0v) is 10.8. The minimum absolute atomic E-state index is 0.0319. The number of halogens is 1. The highest BCUT2D eigenvalue weighted by Gasteiger charge is 2.17. The number of hydrogen-bond acceptors (Lipinski definition) is 3. The van der Waals surface area contributed by atoms with Gasteiger partial charge in [-0.2, -0.15) is 0 Å². The van der Waals surface area contributed by atoms with Crippen molar-refractivity contribution in [3.63, 3.8) is 0 Å². The van der Waals surface area contributed by atoms with Crippen LogP contribution in [0.25, 0.3) is 6.08 Å². The third-order valence-corrected chi connectivity index (χ3v) is 2.58. The standard InChI is InChI=1S/C13H14ClNO4/c14-10-4-1-9(2-5-10)3-6-12(17)15-11(7-8-16)13(18)19/h1-6,11,16H,7-8H2,(H,15,17)(H,18,19)/b6-3+. The summed E-state index contributed by atoms with van der Waals surface area (Å²) in [4.78, 5) is 22.3. The predicted molar refractivity (Wildman–Crippen MR) is 71.8 cm³/mol. The zero-order valence-electron chi connectivity index (χ0n) is 10.0. The third-order valence-electron chi connectivity index (χ3n) is 2.33. The maximum absolute atomic E-state index is 11.5. The van der Waals surface area contributed by atoms with E-state index in [2.05, 4.69) is 5.32 Å². The molecule has 19 heavy (non-hydrogen) atoms. The maximum Gasteiger partial charge on any atom is 0.326 e. The molecule has 0 bridgehead atoms. The van der Waals surface area contributed by atoms with Gasteiger partial charge in [0.1, 0.15) is 6.04 Å². The minimum atomic E-state index is -1.18. The molecule has 0 saturated carbocycles. The van der Waals surface area contributed by atoms with Gasteiger partial charge in [0.15, 0.2) is 0 Å². The maximum atomic E-state index is 11.5. The lowest BCUT2D eigenvalue weighted by Gasteiger charge is -2.11. The van der Waals surface area contributed by atoms with E-state index in [1.54, 1.807) is 30.3 Å². The molecule has 0 aliphatic heterocycles. The van der Waals surface area contributed by atoms with Crippen LogP contribution in [0.1, 0.15) is 12.0 Å². The first-order valence-corrected chi connectivity index (χ1v) is 5.98. The summed E-state index contributed by atoms with van der Waals surface area (Å²) in [5.74, 6) is -1.71. The van der Waals surface area contributed by atoms with Crippen LogP contribution in [0.5, 0.6) is 0 Å². The number of aliphatic hydroxyl groups is 1. The number of rotatable bonds is 6. The highest BCUT2D eigenvalue weighted by Crippen LogP contribution is 2.10. The van der Waals surface area contributed by atoms with E-state index in [9.17, 15) is 9.59 Å². The van der Waals surface area contributed by atoms with Crippen LogP contribution in [-0.4, -0.2) is 34.7 Å². The van der Waals surface area contributed by atoms with E-state index in [-0.39, 0.29) is 13.0 Å². The molecule has 0 aliphatic rings. The lowest BCUT2D eigenvalue weighted by molar-refractivity contribution is -0.141. The fourth-order valence-electron chi connectivity index (χ4n) is 1.35. The first-order chi connectivity index (χ1) is 9.02. The van der Waals surface area contributed by atoms with Crippen LogP contribution in [0.3, 0.4) is 0 Å². The van der Waals surface area contributed by atoms with E-state index in [0.29, 0.717) is 5.02 Å². The van der Waals surface area contributed by atoms with Gasteiger partial charge in [-0.15, -0.1) is 0 Å². The molecule has 1 aromatic carbocycles. The summed E-state index contributed by atoms with van der Waals surface area (Å²) >= 11 is 5.72.